The van der Waals surface area contributed by atoms with Crippen molar-refractivity contribution in [2.45, 2.75) is 66.6 Å². The first-order valence-corrected chi connectivity index (χ1v) is 9.08. The van der Waals surface area contributed by atoms with E-state index in [0.717, 1.165) is 0 Å². The molecule has 2 unspecified atom stereocenters. The molecule has 27 heavy (non-hydrogen) atoms. The molecule has 0 bridgehead atoms. The Morgan fingerprint density at radius 3 is 1.59 bits per heavy atom. The second kappa shape index (κ2) is 12.8. The smallest absolute Gasteiger partial charge is 0.460 e. The Morgan fingerprint density at radius 2 is 1.26 bits per heavy atom. The number of rotatable bonds is 6. The third-order valence-electron chi connectivity index (χ3n) is 2.52. The van der Waals surface area contributed by atoms with Crippen molar-refractivity contribution in [1.29, 1.82) is 0 Å². The standard InChI is InChI=1S/C10H17ClO5.C8H16O3/c1-7(5-14-9(13)15-6-11)8(12)16-10(2,3)4;1-6(5-9)7(10)11-8(2,3)4/h7H,5-6H2,1-4H3;6,9H,5H2,1-4H3. The normalized spacial score (nSPS) is 13.4. The molecule has 0 aliphatic heterocycles. The zero-order valence-corrected chi connectivity index (χ0v) is 18.2. The molecule has 0 spiro atoms. The second-order valence-electron chi connectivity index (χ2n) is 7.87. The highest BCUT2D eigenvalue weighted by Gasteiger charge is 2.23. The van der Waals surface area contributed by atoms with Crippen LogP contribution < -0.4 is 0 Å². The van der Waals surface area contributed by atoms with Crippen LogP contribution >= 0.6 is 11.6 Å². The Kier molecular flexibility index (Phi) is 13.1. The summed E-state index contributed by atoms with van der Waals surface area (Å²) in [5.41, 5.74) is -1.01. The van der Waals surface area contributed by atoms with E-state index in [2.05, 4.69) is 9.47 Å². The molecule has 0 fully saturated rings. The molecule has 2 atom stereocenters. The van der Waals surface area contributed by atoms with Crippen LogP contribution in [0, 0.1) is 11.8 Å². The number of halogens is 1. The minimum Gasteiger partial charge on any atom is -0.460 e. The van der Waals surface area contributed by atoms with Crippen LogP contribution in [0.2, 0.25) is 0 Å². The van der Waals surface area contributed by atoms with Gasteiger partial charge in [-0.1, -0.05) is 11.6 Å². The van der Waals surface area contributed by atoms with Gasteiger partial charge < -0.3 is 24.1 Å². The fraction of sp³-hybridized carbons (Fsp3) is 0.833. The first kappa shape index (κ1) is 27.7. The van der Waals surface area contributed by atoms with Gasteiger partial charge in [0.25, 0.3) is 0 Å². The van der Waals surface area contributed by atoms with Gasteiger partial charge in [-0.15, -0.1) is 0 Å². The van der Waals surface area contributed by atoms with Gasteiger partial charge in [-0.2, -0.15) is 0 Å². The quantitative estimate of drug-likeness (QED) is 0.402. The molecular formula is C18H33ClO8. The molecule has 0 rings (SSSR count). The monoisotopic (exact) mass is 412 g/mol. The maximum atomic E-state index is 11.4. The Bertz CT molecular complexity index is 465. The van der Waals surface area contributed by atoms with Crippen molar-refractivity contribution in [3.8, 4) is 0 Å². The molecule has 0 heterocycles. The van der Waals surface area contributed by atoms with Crippen LogP contribution in [-0.2, 0) is 28.5 Å². The first-order valence-electron chi connectivity index (χ1n) is 8.55. The molecular weight excluding hydrogens is 380 g/mol. The maximum absolute atomic E-state index is 11.4. The van der Waals surface area contributed by atoms with Crippen molar-refractivity contribution in [3.05, 3.63) is 0 Å². The van der Waals surface area contributed by atoms with E-state index in [0.29, 0.717) is 0 Å². The summed E-state index contributed by atoms with van der Waals surface area (Å²) in [4.78, 5) is 33.2. The first-order chi connectivity index (χ1) is 12.1. The molecule has 0 aliphatic carbocycles. The third-order valence-corrected chi connectivity index (χ3v) is 2.62. The summed E-state index contributed by atoms with van der Waals surface area (Å²) in [5.74, 6) is -1.73. The average Bonchev–Trinajstić information content (AvgIpc) is 2.49. The number of esters is 2. The fourth-order valence-electron chi connectivity index (χ4n) is 1.23. The average molecular weight is 413 g/mol. The van der Waals surface area contributed by atoms with Gasteiger partial charge in [0.05, 0.1) is 18.4 Å². The molecule has 0 saturated carbocycles. The Morgan fingerprint density at radius 1 is 0.852 bits per heavy atom. The summed E-state index contributed by atoms with van der Waals surface area (Å²) in [6.45, 7) is 13.7. The van der Waals surface area contributed by atoms with Crippen LogP contribution in [-0.4, -0.2) is 53.7 Å². The zero-order chi connectivity index (χ0) is 21.8. The summed E-state index contributed by atoms with van der Waals surface area (Å²) >= 11 is 5.15. The molecule has 0 saturated heterocycles. The number of aliphatic hydroxyl groups is 1. The summed E-state index contributed by atoms with van der Waals surface area (Å²) in [7, 11) is 0. The van der Waals surface area contributed by atoms with Gasteiger partial charge in [-0.05, 0) is 55.4 Å². The van der Waals surface area contributed by atoms with E-state index in [-0.39, 0.29) is 25.2 Å². The van der Waals surface area contributed by atoms with Gasteiger partial charge in [-0.3, -0.25) is 9.59 Å². The van der Waals surface area contributed by atoms with Crippen molar-refractivity contribution in [1.82, 2.24) is 0 Å². The van der Waals surface area contributed by atoms with E-state index < -0.39 is 35.2 Å². The predicted octanol–water partition coefficient (Wildman–Crippen LogP) is 3.27. The van der Waals surface area contributed by atoms with Crippen LogP contribution in [0.15, 0.2) is 0 Å². The van der Waals surface area contributed by atoms with Crippen LogP contribution in [0.4, 0.5) is 4.79 Å². The molecule has 0 aromatic rings. The van der Waals surface area contributed by atoms with Crippen molar-refractivity contribution < 1.29 is 38.4 Å². The van der Waals surface area contributed by atoms with Crippen molar-refractivity contribution in [2.75, 3.05) is 19.3 Å². The second-order valence-corrected chi connectivity index (χ2v) is 8.08. The SMILES string of the molecule is CC(CO)C(=O)OC(C)(C)C.CC(COC(=O)OCCl)C(=O)OC(C)(C)C. The number of hydrogen-bond donors (Lipinski definition) is 1. The van der Waals surface area contributed by atoms with E-state index in [1.54, 1.807) is 55.4 Å². The number of hydrogen-bond acceptors (Lipinski definition) is 8. The summed E-state index contributed by atoms with van der Waals surface area (Å²) in [6.07, 6.45) is -0.898. The molecule has 1 N–H and O–H groups in total. The summed E-state index contributed by atoms with van der Waals surface area (Å²) < 4.78 is 19.0. The van der Waals surface area contributed by atoms with Gasteiger partial charge in [0.1, 0.15) is 17.8 Å². The molecule has 0 radical (unpaired) electrons. The fourth-order valence-corrected chi connectivity index (χ4v) is 1.32. The highest BCUT2D eigenvalue weighted by molar-refractivity contribution is 6.17. The molecule has 160 valence electrons. The number of carbonyl (C=O) groups is 3. The Labute approximate surface area is 166 Å². The number of aliphatic hydroxyl groups excluding tert-OH is 1. The van der Waals surface area contributed by atoms with Crippen molar-refractivity contribution in [2.24, 2.45) is 11.8 Å². The largest absolute Gasteiger partial charge is 0.509 e. The molecule has 0 aromatic carbocycles. The van der Waals surface area contributed by atoms with Gasteiger partial charge in [0.2, 0.25) is 0 Å². The van der Waals surface area contributed by atoms with E-state index in [1.807, 2.05) is 0 Å². The third kappa shape index (κ3) is 17.6. The van der Waals surface area contributed by atoms with E-state index in [4.69, 9.17) is 26.2 Å². The van der Waals surface area contributed by atoms with E-state index in [9.17, 15) is 14.4 Å². The number of ether oxygens (including phenoxy) is 4. The van der Waals surface area contributed by atoms with Crippen molar-refractivity contribution in [3.63, 3.8) is 0 Å². The molecule has 0 aromatic heterocycles. The van der Waals surface area contributed by atoms with Crippen LogP contribution in [0.1, 0.15) is 55.4 Å². The number of carbonyl (C=O) groups excluding carboxylic acids is 3. The maximum Gasteiger partial charge on any atom is 0.509 e. The number of alkyl halides is 1. The topological polar surface area (TPSA) is 108 Å². The lowest BCUT2D eigenvalue weighted by molar-refractivity contribution is -0.161. The highest BCUT2D eigenvalue weighted by Crippen LogP contribution is 2.12. The van der Waals surface area contributed by atoms with Crippen LogP contribution in [0.25, 0.3) is 0 Å². The van der Waals surface area contributed by atoms with Gasteiger partial charge in [0.15, 0.2) is 6.07 Å². The summed E-state index contributed by atoms with van der Waals surface area (Å²) in [5, 5.41) is 8.60. The molecule has 0 aliphatic rings. The molecule has 0 amide bonds. The lowest BCUT2D eigenvalue weighted by Crippen LogP contribution is -2.30. The lowest BCUT2D eigenvalue weighted by Gasteiger charge is -2.21. The van der Waals surface area contributed by atoms with Crippen molar-refractivity contribution >= 4 is 29.7 Å². The van der Waals surface area contributed by atoms with Crippen LogP contribution in [0.3, 0.4) is 0 Å². The lowest BCUT2D eigenvalue weighted by atomic mass is 10.1. The van der Waals surface area contributed by atoms with Gasteiger partial charge in [0, 0.05) is 0 Å². The van der Waals surface area contributed by atoms with E-state index in [1.165, 1.54) is 0 Å². The predicted molar refractivity (Wildman–Crippen MR) is 100 cm³/mol. The minimum atomic E-state index is -0.898. The Hall–Kier alpha value is -1.54. The van der Waals surface area contributed by atoms with Crippen LogP contribution in [0.5, 0.6) is 0 Å². The summed E-state index contributed by atoms with van der Waals surface area (Å²) in [6, 6.07) is -0.278. The molecule has 9 heteroatoms. The Balaban J connectivity index is 0. The van der Waals surface area contributed by atoms with Gasteiger partial charge in [-0.25, -0.2) is 4.79 Å². The zero-order valence-electron chi connectivity index (χ0n) is 17.5. The molecule has 8 nitrogen and oxygen atoms in total. The minimum absolute atomic E-state index is 0.0926. The highest BCUT2D eigenvalue weighted by atomic mass is 35.5. The van der Waals surface area contributed by atoms with E-state index >= 15 is 0 Å². The van der Waals surface area contributed by atoms with Gasteiger partial charge >= 0.3 is 18.1 Å².